The molecule has 2 heterocycles. The second-order valence-electron chi connectivity index (χ2n) is 7.21. The highest BCUT2D eigenvalue weighted by Crippen LogP contribution is 2.26. The summed E-state index contributed by atoms with van der Waals surface area (Å²) in [4.78, 5) is 16.9. The van der Waals surface area contributed by atoms with Gasteiger partial charge in [0.1, 0.15) is 0 Å². The quantitative estimate of drug-likeness (QED) is 0.590. The predicted octanol–water partition coefficient (Wildman–Crippen LogP) is 4.91. The number of aromatic nitrogens is 1. The molecule has 0 N–H and O–H groups in total. The lowest BCUT2D eigenvalue weighted by molar-refractivity contribution is 0.0618. The Morgan fingerprint density at radius 1 is 1.03 bits per heavy atom. The molecule has 1 aromatic heterocycles. The number of hydrogen-bond acceptors (Lipinski definition) is 4. The van der Waals surface area contributed by atoms with E-state index in [9.17, 15) is 4.79 Å². The van der Waals surface area contributed by atoms with E-state index >= 15 is 0 Å². The number of amides is 1. The van der Waals surface area contributed by atoms with Gasteiger partial charge in [-0.05, 0) is 19.1 Å². The zero-order valence-electron chi connectivity index (χ0n) is 16.1. The van der Waals surface area contributed by atoms with Crippen molar-refractivity contribution in [3.63, 3.8) is 0 Å². The molecule has 0 spiro atoms. The van der Waals surface area contributed by atoms with Gasteiger partial charge in [0.25, 0.3) is 5.91 Å². The van der Waals surface area contributed by atoms with Crippen molar-refractivity contribution >= 4 is 29.1 Å². The van der Waals surface area contributed by atoms with Gasteiger partial charge in [0, 0.05) is 60.0 Å². The number of hydrogen-bond donors (Lipinski definition) is 0. The van der Waals surface area contributed by atoms with Gasteiger partial charge in [-0.3, -0.25) is 9.69 Å². The van der Waals surface area contributed by atoms with Gasteiger partial charge in [0.15, 0.2) is 11.5 Å². The first-order chi connectivity index (χ1) is 14.0. The lowest BCUT2D eigenvalue weighted by Gasteiger charge is -2.34. The molecule has 1 aliphatic rings. The maximum atomic E-state index is 12.8. The van der Waals surface area contributed by atoms with E-state index in [2.05, 4.69) is 10.1 Å². The fourth-order valence-corrected chi connectivity index (χ4v) is 3.92. The minimum absolute atomic E-state index is 0.109. The van der Waals surface area contributed by atoms with Gasteiger partial charge < -0.3 is 9.42 Å². The van der Waals surface area contributed by atoms with Crippen LogP contribution in [0.2, 0.25) is 10.0 Å². The van der Waals surface area contributed by atoms with E-state index < -0.39 is 0 Å². The molecule has 4 rings (SSSR count). The molecule has 5 nitrogen and oxygen atoms in total. The van der Waals surface area contributed by atoms with E-state index in [0.717, 1.165) is 24.2 Å². The summed E-state index contributed by atoms with van der Waals surface area (Å²) in [5.41, 5.74) is 3.34. The number of nitrogens with zero attached hydrogens (tertiary/aromatic N) is 3. The van der Waals surface area contributed by atoms with Gasteiger partial charge in [-0.15, -0.1) is 0 Å². The summed E-state index contributed by atoms with van der Waals surface area (Å²) in [6, 6.07) is 15.2. The molecule has 0 atom stereocenters. The van der Waals surface area contributed by atoms with Crippen molar-refractivity contribution in [1.29, 1.82) is 0 Å². The van der Waals surface area contributed by atoms with Gasteiger partial charge in [0.05, 0.1) is 0 Å². The first-order valence-electron chi connectivity index (χ1n) is 9.49. The molecule has 29 heavy (non-hydrogen) atoms. The SMILES string of the molecule is Cc1ccc(-c2cc(C(=O)N3CCN(Cc4c(Cl)cccc4Cl)CC3)no2)cc1. The lowest BCUT2D eigenvalue weighted by atomic mass is 10.1. The van der Waals surface area contributed by atoms with Crippen LogP contribution in [0.5, 0.6) is 0 Å². The third kappa shape index (κ3) is 4.47. The molecule has 0 aliphatic carbocycles. The van der Waals surface area contributed by atoms with Crippen LogP contribution in [0.3, 0.4) is 0 Å². The molecule has 0 bridgehead atoms. The van der Waals surface area contributed by atoms with Crippen LogP contribution < -0.4 is 0 Å². The van der Waals surface area contributed by atoms with Gasteiger partial charge in [-0.2, -0.15) is 0 Å². The Bertz CT molecular complexity index is 989. The molecule has 1 aliphatic heterocycles. The van der Waals surface area contributed by atoms with Crippen molar-refractivity contribution in [2.45, 2.75) is 13.5 Å². The molecule has 0 saturated carbocycles. The van der Waals surface area contributed by atoms with Crippen LogP contribution in [-0.4, -0.2) is 47.0 Å². The van der Waals surface area contributed by atoms with Gasteiger partial charge in [-0.25, -0.2) is 0 Å². The molecular weight excluding hydrogens is 409 g/mol. The summed E-state index contributed by atoms with van der Waals surface area (Å²) in [7, 11) is 0. The molecule has 0 unspecified atom stereocenters. The minimum atomic E-state index is -0.109. The Labute approximate surface area is 179 Å². The van der Waals surface area contributed by atoms with E-state index in [1.54, 1.807) is 6.07 Å². The van der Waals surface area contributed by atoms with E-state index in [1.165, 1.54) is 5.56 Å². The van der Waals surface area contributed by atoms with Crippen molar-refractivity contribution in [2.24, 2.45) is 0 Å². The van der Waals surface area contributed by atoms with Gasteiger partial charge in [0.2, 0.25) is 0 Å². The number of piperazine rings is 1. The van der Waals surface area contributed by atoms with Crippen molar-refractivity contribution < 1.29 is 9.32 Å². The zero-order valence-corrected chi connectivity index (χ0v) is 17.6. The van der Waals surface area contributed by atoms with E-state index in [1.807, 2.05) is 54.3 Å². The van der Waals surface area contributed by atoms with Crippen molar-refractivity contribution in [2.75, 3.05) is 26.2 Å². The first-order valence-corrected chi connectivity index (χ1v) is 10.2. The summed E-state index contributed by atoms with van der Waals surface area (Å²) in [6.45, 7) is 5.42. The largest absolute Gasteiger partial charge is 0.355 e. The summed E-state index contributed by atoms with van der Waals surface area (Å²) in [5, 5.41) is 5.32. The van der Waals surface area contributed by atoms with E-state index in [4.69, 9.17) is 27.7 Å². The zero-order chi connectivity index (χ0) is 20.4. The highest BCUT2D eigenvalue weighted by molar-refractivity contribution is 6.35. The van der Waals surface area contributed by atoms with Crippen LogP contribution in [0.15, 0.2) is 53.1 Å². The summed E-state index contributed by atoms with van der Waals surface area (Å²) >= 11 is 12.6. The standard InChI is InChI=1S/C22H21Cl2N3O2/c1-15-5-7-16(8-6-15)21-13-20(25-29-21)22(28)27-11-9-26(10-12-27)14-17-18(23)3-2-4-19(17)24/h2-8,13H,9-12,14H2,1H3. The predicted molar refractivity (Wildman–Crippen MR) is 114 cm³/mol. The average molecular weight is 430 g/mol. The van der Waals surface area contributed by atoms with Crippen LogP contribution in [-0.2, 0) is 6.54 Å². The van der Waals surface area contributed by atoms with E-state index in [0.29, 0.717) is 41.1 Å². The third-order valence-electron chi connectivity index (χ3n) is 5.17. The molecule has 0 radical (unpaired) electrons. The highest BCUT2D eigenvalue weighted by Gasteiger charge is 2.25. The maximum absolute atomic E-state index is 12.8. The van der Waals surface area contributed by atoms with Crippen LogP contribution in [0.1, 0.15) is 21.6 Å². The number of aryl methyl sites for hydroxylation is 1. The Balaban J connectivity index is 1.37. The third-order valence-corrected chi connectivity index (χ3v) is 5.88. The number of halogens is 2. The Hall–Kier alpha value is -2.34. The Morgan fingerprint density at radius 3 is 2.34 bits per heavy atom. The van der Waals surface area contributed by atoms with Gasteiger partial charge in [-0.1, -0.05) is 64.3 Å². The fourth-order valence-electron chi connectivity index (χ4n) is 3.41. The van der Waals surface area contributed by atoms with Crippen molar-refractivity contribution in [3.8, 4) is 11.3 Å². The monoisotopic (exact) mass is 429 g/mol. The summed E-state index contributed by atoms with van der Waals surface area (Å²) in [6.07, 6.45) is 0. The van der Waals surface area contributed by atoms with Crippen LogP contribution in [0, 0.1) is 6.92 Å². The molecular formula is C22H21Cl2N3O2. The fraction of sp³-hybridized carbons (Fsp3) is 0.273. The normalized spacial score (nSPS) is 14.9. The molecule has 2 aromatic carbocycles. The average Bonchev–Trinajstić information content (AvgIpc) is 3.21. The number of carbonyl (C=O) groups is 1. The second kappa shape index (κ2) is 8.57. The summed E-state index contributed by atoms with van der Waals surface area (Å²) < 4.78 is 5.39. The Kier molecular flexibility index (Phi) is 5.90. The molecule has 150 valence electrons. The van der Waals surface area contributed by atoms with Crippen molar-refractivity contribution in [1.82, 2.24) is 15.0 Å². The van der Waals surface area contributed by atoms with Crippen LogP contribution in [0.4, 0.5) is 0 Å². The first kappa shape index (κ1) is 20.0. The molecule has 1 saturated heterocycles. The molecule has 7 heteroatoms. The maximum Gasteiger partial charge on any atom is 0.276 e. The second-order valence-corrected chi connectivity index (χ2v) is 8.03. The van der Waals surface area contributed by atoms with E-state index in [-0.39, 0.29) is 5.91 Å². The van der Waals surface area contributed by atoms with Gasteiger partial charge >= 0.3 is 0 Å². The minimum Gasteiger partial charge on any atom is -0.355 e. The topological polar surface area (TPSA) is 49.6 Å². The molecule has 3 aromatic rings. The number of rotatable bonds is 4. The Morgan fingerprint density at radius 2 is 1.69 bits per heavy atom. The van der Waals surface area contributed by atoms with Crippen molar-refractivity contribution in [3.05, 3.63) is 75.4 Å². The highest BCUT2D eigenvalue weighted by atomic mass is 35.5. The smallest absolute Gasteiger partial charge is 0.276 e. The number of benzene rings is 2. The molecule has 1 amide bonds. The molecule has 1 fully saturated rings. The lowest BCUT2D eigenvalue weighted by Crippen LogP contribution is -2.48. The van der Waals surface area contributed by atoms with Crippen LogP contribution in [0.25, 0.3) is 11.3 Å². The summed E-state index contributed by atoms with van der Waals surface area (Å²) in [5.74, 6) is 0.489. The number of carbonyl (C=O) groups excluding carboxylic acids is 1. The van der Waals surface area contributed by atoms with Crippen LogP contribution >= 0.6 is 23.2 Å².